The second kappa shape index (κ2) is 10.2. The van der Waals surface area contributed by atoms with Gasteiger partial charge >= 0.3 is 12.1 Å². The van der Waals surface area contributed by atoms with Gasteiger partial charge in [-0.1, -0.05) is 13.3 Å². The zero-order valence-corrected chi connectivity index (χ0v) is 23.3. The number of aromatic nitrogens is 4. The van der Waals surface area contributed by atoms with E-state index in [-0.39, 0.29) is 6.04 Å². The van der Waals surface area contributed by atoms with Crippen molar-refractivity contribution < 1.29 is 23.8 Å². The molecule has 0 aliphatic heterocycles. The fourth-order valence-electron chi connectivity index (χ4n) is 4.83. The van der Waals surface area contributed by atoms with E-state index >= 15 is 0 Å². The molecule has 1 amide bonds. The highest BCUT2D eigenvalue weighted by atomic mass is 16.6. The Kier molecular flexibility index (Phi) is 6.96. The zero-order chi connectivity index (χ0) is 27.9. The van der Waals surface area contributed by atoms with Crippen molar-refractivity contribution in [2.75, 3.05) is 14.2 Å². The molecule has 10 nitrogen and oxygen atoms in total. The van der Waals surface area contributed by atoms with Crippen molar-refractivity contribution in [2.24, 2.45) is 0 Å². The van der Waals surface area contributed by atoms with E-state index in [0.29, 0.717) is 28.5 Å². The van der Waals surface area contributed by atoms with Crippen LogP contribution in [0, 0.1) is 0 Å². The Bertz CT molecular complexity index is 1540. The van der Waals surface area contributed by atoms with Crippen LogP contribution in [-0.4, -0.2) is 51.4 Å². The number of alkyl carbamates (subject to hydrolysis) is 1. The van der Waals surface area contributed by atoms with Crippen LogP contribution in [0.1, 0.15) is 81.5 Å². The van der Waals surface area contributed by atoms with Gasteiger partial charge in [0.15, 0.2) is 5.82 Å². The van der Waals surface area contributed by atoms with E-state index in [0.717, 1.165) is 53.8 Å². The number of rotatable bonds is 8. The lowest BCUT2D eigenvalue weighted by atomic mass is 10.1. The van der Waals surface area contributed by atoms with E-state index in [1.54, 1.807) is 19.2 Å². The Morgan fingerprint density at radius 2 is 1.92 bits per heavy atom. The average Bonchev–Trinajstić information content (AvgIpc) is 3.51. The number of ether oxygens (including phenoxy) is 3. The van der Waals surface area contributed by atoms with Gasteiger partial charge < -0.3 is 29.1 Å². The minimum Gasteiger partial charge on any atom is -0.494 e. The van der Waals surface area contributed by atoms with Gasteiger partial charge in [-0.05, 0) is 70.4 Å². The Morgan fingerprint density at radius 1 is 1.15 bits per heavy atom. The number of carbonyl (C=O) groups excluding carboxylic acids is 2. The third kappa shape index (κ3) is 5.41. The molecule has 1 aliphatic rings. The maximum Gasteiger partial charge on any atom is 0.408 e. The highest BCUT2D eigenvalue weighted by molar-refractivity contribution is 5.97. The summed E-state index contributed by atoms with van der Waals surface area (Å²) < 4.78 is 18.3. The van der Waals surface area contributed by atoms with Crippen LogP contribution in [0.4, 0.5) is 4.79 Å². The number of imidazole rings is 1. The molecular weight excluding hydrogens is 498 g/mol. The molecule has 39 heavy (non-hydrogen) atoms. The molecule has 4 aromatic rings. The molecule has 0 spiro atoms. The van der Waals surface area contributed by atoms with Gasteiger partial charge in [-0.3, -0.25) is 0 Å². The van der Waals surface area contributed by atoms with E-state index in [1.807, 2.05) is 39.0 Å². The summed E-state index contributed by atoms with van der Waals surface area (Å²) in [7, 11) is 2.94. The summed E-state index contributed by atoms with van der Waals surface area (Å²) in [6, 6.07) is 9.41. The molecular formula is C29H35N5O5. The highest BCUT2D eigenvalue weighted by Gasteiger charge is 2.31. The summed E-state index contributed by atoms with van der Waals surface area (Å²) >= 11 is 0. The topological polar surface area (TPSA) is 120 Å². The lowest BCUT2D eigenvalue weighted by Gasteiger charge is -2.23. The van der Waals surface area contributed by atoms with E-state index in [1.165, 1.54) is 7.11 Å². The third-order valence-corrected chi connectivity index (χ3v) is 6.67. The number of nitrogens with zero attached hydrogens (tertiary/aromatic N) is 3. The van der Waals surface area contributed by atoms with Crippen LogP contribution in [0.15, 0.2) is 30.3 Å². The van der Waals surface area contributed by atoms with Crippen LogP contribution in [-0.2, 0) is 9.47 Å². The molecule has 3 heterocycles. The molecule has 5 rings (SSSR count). The molecule has 2 N–H and O–H groups in total. The van der Waals surface area contributed by atoms with Crippen molar-refractivity contribution in [2.45, 2.75) is 71.1 Å². The normalized spacial score (nSPS) is 14.4. The minimum atomic E-state index is -0.583. The monoisotopic (exact) mass is 533 g/mol. The molecule has 0 radical (unpaired) electrons. The number of benzene rings is 1. The standard InChI is InChI=1S/C29H35N5O5/c1-7-8-19(33-28(36)39-29(2,3)4)20-12-9-16-13-22(31-25(16)30-20)26-32-21-14-17(27(35)38-6)15-23(37-5)24(21)34(26)18-10-11-18/h9,12-15,18-19H,7-8,10-11H2,1-6H3,(H,30,31)(H,33,36). The summed E-state index contributed by atoms with van der Waals surface area (Å²) in [5.41, 5.74) is 3.57. The second-order valence-corrected chi connectivity index (χ2v) is 10.9. The van der Waals surface area contributed by atoms with Crippen LogP contribution in [0.2, 0.25) is 0 Å². The summed E-state index contributed by atoms with van der Waals surface area (Å²) in [5.74, 6) is 0.886. The predicted molar refractivity (Wildman–Crippen MR) is 148 cm³/mol. The zero-order valence-electron chi connectivity index (χ0n) is 23.3. The quantitative estimate of drug-likeness (QED) is 0.264. The van der Waals surface area contributed by atoms with Crippen molar-refractivity contribution in [3.8, 4) is 17.3 Å². The van der Waals surface area contributed by atoms with Crippen LogP contribution in [0.5, 0.6) is 5.75 Å². The molecule has 1 fully saturated rings. The number of esters is 1. The molecule has 10 heteroatoms. The number of pyridine rings is 1. The van der Waals surface area contributed by atoms with Crippen molar-refractivity contribution >= 4 is 34.1 Å². The Labute approximate surface area is 227 Å². The van der Waals surface area contributed by atoms with Gasteiger partial charge in [-0.15, -0.1) is 0 Å². The van der Waals surface area contributed by atoms with E-state index in [2.05, 4.69) is 21.8 Å². The molecule has 1 saturated carbocycles. The van der Waals surface area contributed by atoms with E-state index in [4.69, 9.17) is 24.2 Å². The third-order valence-electron chi connectivity index (χ3n) is 6.67. The number of methoxy groups -OCH3 is 2. The van der Waals surface area contributed by atoms with E-state index < -0.39 is 17.7 Å². The van der Waals surface area contributed by atoms with Gasteiger partial charge in [0.05, 0.1) is 42.7 Å². The molecule has 206 valence electrons. The van der Waals surface area contributed by atoms with Crippen molar-refractivity contribution in [1.29, 1.82) is 0 Å². The fourth-order valence-corrected chi connectivity index (χ4v) is 4.83. The molecule has 1 unspecified atom stereocenters. The molecule has 1 aromatic carbocycles. The number of H-pyrrole nitrogens is 1. The lowest BCUT2D eigenvalue weighted by molar-refractivity contribution is 0.0498. The molecule has 1 atom stereocenters. The van der Waals surface area contributed by atoms with Gasteiger partial charge in [0.2, 0.25) is 0 Å². The minimum absolute atomic E-state index is 0.280. The molecule has 3 aromatic heterocycles. The largest absolute Gasteiger partial charge is 0.494 e. The SMILES string of the molecule is CCCC(NC(=O)OC(C)(C)C)c1ccc2cc(-c3nc4cc(C(=O)OC)cc(OC)c4n3C3CC3)[nH]c2n1. The number of amides is 1. The number of aromatic amines is 1. The maximum absolute atomic E-state index is 12.5. The lowest BCUT2D eigenvalue weighted by Crippen LogP contribution is -2.35. The van der Waals surface area contributed by atoms with Crippen molar-refractivity contribution in [3.63, 3.8) is 0 Å². The second-order valence-electron chi connectivity index (χ2n) is 10.9. The predicted octanol–water partition coefficient (Wildman–Crippen LogP) is 6.08. The summed E-state index contributed by atoms with van der Waals surface area (Å²) in [5, 5.41) is 3.90. The van der Waals surface area contributed by atoms with Crippen molar-refractivity contribution in [3.05, 3.63) is 41.6 Å². The first-order valence-corrected chi connectivity index (χ1v) is 13.3. The Hall–Kier alpha value is -4.08. The molecule has 0 bridgehead atoms. The van der Waals surface area contributed by atoms with Crippen molar-refractivity contribution in [1.82, 2.24) is 24.8 Å². The Morgan fingerprint density at radius 3 is 2.56 bits per heavy atom. The van der Waals surface area contributed by atoms with Gasteiger partial charge in [-0.2, -0.15) is 0 Å². The van der Waals surface area contributed by atoms with Gasteiger partial charge in [0.25, 0.3) is 0 Å². The van der Waals surface area contributed by atoms with Gasteiger partial charge in [0, 0.05) is 11.4 Å². The number of hydrogen-bond donors (Lipinski definition) is 2. The summed E-state index contributed by atoms with van der Waals surface area (Å²) in [4.78, 5) is 38.0. The fraction of sp³-hybridized carbons (Fsp3) is 0.448. The number of nitrogens with one attached hydrogen (secondary N) is 2. The smallest absolute Gasteiger partial charge is 0.408 e. The van der Waals surface area contributed by atoms with Crippen LogP contribution >= 0.6 is 0 Å². The summed E-state index contributed by atoms with van der Waals surface area (Å²) in [6.45, 7) is 7.59. The summed E-state index contributed by atoms with van der Waals surface area (Å²) in [6.07, 6.45) is 3.21. The van der Waals surface area contributed by atoms with Crippen LogP contribution in [0.3, 0.4) is 0 Å². The van der Waals surface area contributed by atoms with Gasteiger partial charge in [0.1, 0.15) is 22.5 Å². The van der Waals surface area contributed by atoms with Crippen LogP contribution in [0.25, 0.3) is 33.6 Å². The molecule has 1 aliphatic carbocycles. The number of fused-ring (bicyclic) bond motifs is 2. The average molecular weight is 534 g/mol. The maximum atomic E-state index is 12.5. The highest BCUT2D eigenvalue weighted by Crippen LogP contribution is 2.44. The number of hydrogen-bond acceptors (Lipinski definition) is 7. The Balaban J connectivity index is 1.55. The first-order chi connectivity index (χ1) is 18.6. The first kappa shape index (κ1) is 26.5. The van der Waals surface area contributed by atoms with Crippen LogP contribution < -0.4 is 10.1 Å². The van der Waals surface area contributed by atoms with Gasteiger partial charge in [-0.25, -0.2) is 19.6 Å². The van der Waals surface area contributed by atoms with E-state index in [9.17, 15) is 9.59 Å². The number of carbonyl (C=O) groups is 2. The molecule has 0 saturated heterocycles. The first-order valence-electron chi connectivity index (χ1n) is 13.3.